The molecule has 0 unspecified atom stereocenters. The summed E-state index contributed by atoms with van der Waals surface area (Å²) in [5.41, 5.74) is 5.45. The van der Waals surface area contributed by atoms with Crippen LogP contribution >= 0.6 is 0 Å². The zero-order valence-corrected chi connectivity index (χ0v) is 16.3. The van der Waals surface area contributed by atoms with E-state index in [4.69, 9.17) is 14.3 Å². The van der Waals surface area contributed by atoms with Crippen molar-refractivity contribution in [3.05, 3.63) is 83.7 Å². The molecule has 7 heteroatoms. The van der Waals surface area contributed by atoms with E-state index < -0.39 is 0 Å². The fourth-order valence-corrected chi connectivity index (χ4v) is 2.73. The lowest BCUT2D eigenvalue weighted by Gasteiger charge is -2.16. The number of methoxy groups -OCH3 is 2. The lowest BCUT2D eigenvalue weighted by Crippen LogP contribution is -2.24. The van der Waals surface area contributed by atoms with Crippen LogP contribution in [-0.4, -0.2) is 25.1 Å². The number of rotatable bonds is 9. The van der Waals surface area contributed by atoms with Crippen molar-refractivity contribution in [2.75, 3.05) is 19.5 Å². The van der Waals surface area contributed by atoms with Gasteiger partial charge >= 0.3 is 0 Å². The van der Waals surface area contributed by atoms with Crippen LogP contribution in [0.15, 0.2) is 67.0 Å². The van der Waals surface area contributed by atoms with Gasteiger partial charge in [-0.3, -0.25) is 14.6 Å². The molecule has 2 N–H and O–H groups in total. The molecule has 0 bridgehead atoms. The summed E-state index contributed by atoms with van der Waals surface area (Å²) in [4.78, 5) is 22.1. The second kappa shape index (κ2) is 10.1. The number of carbonyl (C=O) groups excluding carboxylic acids is 1. The lowest BCUT2D eigenvalue weighted by molar-refractivity contribution is 0.0234. The Morgan fingerprint density at radius 2 is 1.62 bits per heavy atom. The topological polar surface area (TPSA) is 81.7 Å². The predicted octanol–water partition coefficient (Wildman–Crippen LogP) is 3.57. The molecule has 0 fully saturated rings. The number of aromatic nitrogens is 1. The summed E-state index contributed by atoms with van der Waals surface area (Å²) in [7, 11) is 3.07. The molecular weight excluding hydrogens is 370 g/mol. The van der Waals surface area contributed by atoms with Crippen molar-refractivity contribution in [2.45, 2.75) is 13.2 Å². The highest BCUT2D eigenvalue weighted by Crippen LogP contribution is 2.33. The van der Waals surface area contributed by atoms with Crippen LogP contribution in [0.5, 0.6) is 11.5 Å². The monoisotopic (exact) mass is 393 g/mol. The summed E-state index contributed by atoms with van der Waals surface area (Å²) in [6, 6.07) is 16.7. The van der Waals surface area contributed by atoms with Gasteiger partial charge in [0.1, 0.15) is 0 Å². The average molecular weight is 393 g/mol. The first-order valence-electron chi connectivity index (χ1n) is 9.06. The van der Waals surface area contributed by atoms with E-state index in [1.54, 1.807) is 31.6 Å². The molecule has 29 heavy (non-hydrogen) atoms. The number of pyridine rings is 1. The van der Waals surface area contributed by atoms with Crippen LogP contribution in [0.1, 0.15) is 21.5 Å². The maximum Gasteiger partial charge on any atom is 0.277 e. The third-order valence-electron chi connectivity index (χ3n) is 4.25. The molecular formula is C22H23N3O4. The van der Waals surface area contributed by atoms with Crippen molar-refractivity contribution in [3.8, 4) is 11.5 Å². The van der Waals surface area contributed by atoms with Crippen molar-refractivity contribution in [2.24, 2.45) is 0 Å². The van der Waals surface area contributed by atoms with Gasteiger partial charge in [0.25, 0.3) is 5.91 Å². The fraction of sp³-hybridized carbons (Fsp3) is 0.182. The summed E-state index contributed by atoms with van der Waals surface area (Å²) < 4.78 is 10.7. The number of hydroxylamine groups is 1. The molecule has 0 spiro atoms. The Hall–Kier alpha value is -3.58. The van der Waals surface area contributed by atoms with Crippen LogP contribution in [0.25, 0.3) is 0 Å². The number of hydrogen-bond donors (Lipinski definition) is 2. The summed E-state index contributed by atoms with van der Waals surface area (Å²) in [5, 5.41) is 3.26. The molecule has 3 aromatic rings. The maximum absolute atomic E-state index is 12.8. The van der Waals surface area contributed by atoms with Crippen LogP contribution in [-0.2, 0) is 18.0 Å². The number of nitrogens with zero attached hydrogens (tertiary/aromatic N) is 1. The lowest BCUT2D eigenvalue weighted by atomic mass is 10.1. The van der Waals surface area contributed by atoms with Crippen molar-refractivity contribution in [1.82, 2.24) is 10.5 Å². The van der Waals surface area contributed by atoms with E-state index in [9.17, 15) is 4.79 Å². The quantitative estimate of drug-likeness (QED) is 0.541. The third-order valence-corrected chi connectivity index (χ3v) is 4.25. The first-order valence-corrected chi connectivity index (χ1v) is 9.06. The van der Waals surface area contributed by atoms with Crippen molar-refractivity contribution < 1.29 is 19.1 Å². The largest absolute Gasteiger partial charge is 0.493 e. The predicted molar refractivity (Wildman–Crippen MR) is 110 cm³/mol. The van der Waals surface area contributed by atoms with E-state index in [0.29, 0.717) is 29.3 Å². The number of carbonyl (C=O) groups is 1. The Morgan fingerprint density at radius 1 is 0.931 bits per heavy atom. The Balaban J connectivity index is 1.75. The average Bonchev–Trinajstić information content (AvgIpc) is 2.78. The maximum atomic E-state index is 12.8. The van der Waals surface area contributed by atoms with Crippen LogP contribution in [0.2, 0.25) is 0 Å². The number of hydrogen-bond acceptors (Lipinski definition) is 6. The molecule has 3 rings (SSSR count). The molecule has 0 aliphatic rings. The Bertz CT molecular complexity index is 934. The van der Waals surface area contributed by atoms with Gasteiger partial charge < -0.3 is 14.8 Å². The first-order chi connectivity index (χ1) is 14.2. The minimum Gasteiger partial charge on any atom is -0.493 e. The number of anilines is 1. The van der Waals surface area contributed by atoms with E-state index in [-0.39, 0.29) is 12.5 Å². The number of ether oxygens (including phenoxy) is 2. The van der Waals surface area contributed by atoms with Gasteiger partial charge in [-0.1, -0.05) is 30.3 Å². The highest BCUT2D eigenvalue weighted by molar-refractivity contribution is 6.00. The third kappa shape index (κ3) is 5.46. The highest BCUT2D eigenvalue weighted by atomic mass is 16.6. The molecule has 0 aliphatic heterocycles. The highest BCUT2D eigenvalue weighted by Gasteiger charge is 2.17. The second-order valence-corrected chi connectivity index (χ2v) is 6.17. The Kier molecular flexibility index (Phi) is 7.02. The van der Waals surface area contributed by atoms with E-state index in [1.807, 2.05) is 42.5 Å². The van der Waals surface area contributed by atoms with Gasteiger partial charge in [0.05, 0.1) is 32.1 Å². The molecule has 1 heterocycles. The van der Waals surface area contributed by atoms with Crippen molar-refractivity contribution >= 4 is 11.6 Å². The van der Waals surface area contributed by atoms with E-state index >= 15 is 0 Å². The molecule has 0 saturated heterocycles. The summed E-state index contributed by atoms with van der Waals surface area (Å²) in [6.45, 7) is 0.781. The molecule has 1 amide bonds. The van der Waals surface area contributed by atoms with Gasteiger partial charge in [-0.2, -0.15) is 0 Å². The van der Waals surface area contributed by atoms with Crippen molar-refractivity contribution in [1.29, 1.82) is 0 Å². The number of benzene rings is 2. The summed E-state index contributed by atoms with van der Waals surface area (Å²) in [5.74, 6) is 0.584. The van der Waals surface area contributed by atoms with Gasteiger partial charge in [-0.05, 0) is 29.3 Å². The fourth-order valence-electron chi connectivity index (χ4n) is 2.73. The Morgan fingerprint density at radius 3 is 2.31 bits per heavy atom. The van der Waals surface area contributed by atoms with E-state index in [0.717, 1.165) is 11.1 Å². The molecule has 2 aromatic carbocycles. The minimum absolute atomic E-state index is 0.264. The molecule has 7 nitrogen and oxygen atoms in total. The normalized spacial score (nSPS) is 10.3. The number of nitrogens with one attached hydrogen (secondary N) is 2. The van der Waals surface area contributed by atoms with Crippen LogP contribution < -0.4 is 20.3 Å². The van der Waals surface area contributed by atoms with Gasteiger partial charge in [0.2, 0.25) is 0 Å². The van der Waals surface area contributed by atoms with Gasteiger partial charge in [-0.15, -0.1) is 0 Å². The second-order valence-electron chi connectivity index (χ2n) is 6.17. The molecule has 1 aromatic heterocycles. The smallest absolute Gasteiger partial charge is 0.277 e. The van der Waals surface area contributed by atoms with Crippen molar-refractivity contribution in [3.63, 3.8) is 0 Å². The number of amides is 1. The van der Waals surface area contributed by atoms with Gasteiger partial charge in [-0.25, -0.2) is 5.48 Å². The summed E-state index contributed by atoms with van der Waals surface area (Å²) >= 11 is 0. The molecule has 0 atom stereocenters. The van der Waals surface area contributed by atoms with Crippen LogP contribution in [0.4, 0.5) is 5.69 Å². The van der Waals surface area contributed by atoms with Crippen LogP contribution in [0.3, 0.4) is 0 Å². The zero-order valence-electron chi connectivity index (χ0n) is 16.3. The first kappa shape index (κ1) is 20.2. The molecule has 150 valence electrons. The molecule has 0 radical (unpaired) electrons. The standard InChI is InChI=1S/C22H23N3O4/c1-27-20-12-18(22(26)25-29-15-17-6-4-3-5-7-17)19(13-21(20)28-2)24-14-16-8-10-23-11-9-16/h3-13,24H,14-15H2,1-2H3,(H,25,26). The Labute approximate surface area is 169 Å². The van der Waals surface area contributed by atoms with Crippen LogP contribution in [0, 0.1) is 0 Å². The molecule has 0 aliphatic carbocycles. The zero-order chi connectivity index (χ0) is 20.5. The molecule has 0 saturated carbocycles. The minimum atomic E-state index is -0.390. The van der Waals surface area contributed by atoms with E-state index in [1.165, 1.54) is 7.11 Å². The summed E-state index contributed by atoms with van der Waals surface area (Å²) in [6.07, 6.45) is 3.44. The van der Waals surface area contributed by atoms with Gasteiger partial charge in [0, 0.05) is 25.0 Å². The SMILES string of the molecule is COc1cc(NCc2ccncc2)c(C(=O)NOCc2ccccc2)cc1OC. The van der Waals surface area contributed by atoms with E-state index in [2.05, 4.69) is 15.8 Å². The van der Waals surface area contributed by atoms with Gasteiger partial charge in [0.15, 0.2) is 11.5 Å².